The summed E-state index contributed by atoms with van der Waals surface area (Å²) in [5, 5.41) is 6.81. The largest absolute Gasteiger partial charge is 0.357 e. The number of aromatic nitrogens is 2. The second-order valence-corrected chi connectivity index (χ2v) is 3.76. The molecule has 0 saturated carbocycles. The fourth-order valence-electron chi connectivity index (χ4n) is 1.58. The molecule has 0 aromatic carbocycles. The summed E-state index contributed by atoms with van der Waals surface area (Å²) < 4.78 is 0. The van der Waals surface area contributed by atoms with Crippen LogP contribution in [0.5, 0.6) is 0 Å². The lowest BCUT2D eigenvalue weighted by molar-refractivity contribution is 0.585. The maximum atomic E-state index is 6.07. The lowest BCUT2D eigenvalue weighted by atomic mass is 10.3. The van der Waals surface area contributed by atoms with Crippen LogP contribution in [0.3, 0.4) is 0 Å². The van der Waals surface area contributed by atoms with Gasteiger partial charge in [-0.05, 0) is 0 Å². The molecule has 1 aliphatic heterocycles. The number of piperazine rings is 1. The predicted molar refractivity (Wildman–Crippen MR) is 61.7 cm³/mol. The Morgan fingerprint density at radius 2 is 2.20 bits per heavy atom. The van der Waals surface area contributed by atoms with Crippen molar-refractivity contribution in [3.63, 3.8) is 0 Å². The average Bonchev–Trinajstić information content (AvgIpc) is 2.31. The molecular formula is C9H14ClN5. The Hall–Kier alpha value is -1.07. The first-order valence-electron chi connectivity index (χ1n) is 4.97. The summed E-state index contributed by atoms with van der Waals surface area (Å²) in [7, 11) is 1.80. The van der Waals surface area contributed by atoms with E-state index in [-0.39, 0.29) is 0 Å². The second-order valence-electron chi connectivity index (χ2n) is 3.35. The molecule has 1 fully saturated rings. The van der Waals surface area contributed by atoms with Crippen LogP contribution in [-0.4, -0.2) is 43.2 Å². The van der Waals surface area contributed by atoms with E-state index in [1.54, 1.807) is 13.2 Å². The van der Waals surface area contributed by atoms with Crippen molar-refractivity contribution in [2.75, 3.05) is 43.4 Å². The van der Waals surface area contributed by atoms with Gasteiger partial charge in [-0.3, -0.25) is 0 Å². The van der Waals surface area contributed by atoms with Crippen molar-refractivity contribution in [1.82, 2.24) is 15.3 Å². The van der Waals surface area contributed by atoms with E-state index in [1.807, 2.05) is 0 Å². The predicted octanol–water partition coefficient (Wildman–Crippen LogP) is 0.581. The number of nitrogens with one attached hydrogen (secondary N) is 2. The number of nitrogens with zero attached hydrogens (tertiary/aromatic N) is 3. The van der Waals surface area contributed by atoms with Crippen molar-refractivity contribution >= 4 is 23.4 Å². The smallest absolute Gasteiger partial charge is 0.224 e. The Labute approximate surface area is 93.9 Å². The van der Waals surface area contributed by atoms with Gasteiger partial charge < -0.3 is 15.5 Å². The third-order valence-corrected chi connectivity index (χ3v) is 2.63. The topological polar surface area (TPSA) is 53.1 Å². The molecule has 1 aliphatic rings. The molecule has 0 atom stereocenters. The van der Waals surface area contributed by atoms with Gasteiger partial charge in [-0.2, -0.15) is 4.98 Å². The first kappa shape index (κ1) is 10.4. The van der Waals surface area contributed by atoms with Gasteiger partial charge in [-0.25, -0.2) is 4.98 Å². The minimum atomic E-state index is 0.605. The molecule has 0 amide bonds. The first-order valence-corrected chi connectivity index (χ1v) is 5.35. The Bertz CT molecular complexity index is 337. The van der Waals surface area contributed by atoms with E-state index in [1.165, 1.54) is 0 Å². The van der Waals surface area contributed by atoms with Crippen LogP contribution in [0.2, 0.25) is 5.02 Å². The zero-order valence-corrected chi connectivity index (χ0v) is 9.38. The molecule has 2 heterocycles. The van der Waals surface area contributed by atoms with Crippen LogP contribution < -0.4 is 15.5 Å². The van der Waals surface area contributed by atoms with Gasteiger partial charge in [0.15, 0.2) is 5.82 Å². The molecule has 0 radical (unpaired) electrons. The van der Waals surface area contributed by atoms with Crippen LogP contribution in [0.1, 0.15) is 0 Å². The van der Waals surface area contributed by atoms with E-state index in [4.69, 9.17) is 11.6 Å². The van der Waals surface area contributed by atoms with Crippen LogP contribution in [0.25, 0.3) is 0 Å². The lowest BCUT2D eigenvalue weighted by Gasteiger charge is -2.29. The fourth-order valence-corrected chi connectivity index (χ4v) is 1.79. The normalized spacial score (nSPS) is 16.5. The van der Waals surface area contributed by atoms with Crippen LogP contribution in [0, 0.1) is 0 Å². The zero-order valence-electron chi connectivity index (χ0n) is 8.63. The third-order valence-electron chi connectivity index (χ3n) is 2.37. The summed E-state index contributed by atoms with van der Waals surface area (Å²) in [6.07, 6.45) is 1.64. The highest BCUT2D eigenvalue weighted by Gasteiger charge is 2.15. The van der Waals surface area contributed by atoms with Gasteiger partial charge in [0.05, 0.1) is 6.20 Å². The molecule has 1 aromatic heterocycles. The second kappa shape index (κ2) is 4.63. The van der Waals surface area contributed by atoms with Crippen LogP contribution >= 0.6 is 11.6 Å². The van der Waals surface area contributed by atoms with Gasteiger partial charge in [0, 0.05) is 33.2 Å². The van der Waals surface area contributed by atoms with Gasteiger partial charge in [0.2, 0.25) is 5.95 Å². The molecule has 0 spiro atoms. The summed E-state index contributed by atoms with van der Waals surface area (Å²) in [6, 6.07) is 0. The molecular weight excluding hydrogens is 214 g/mol. The van der Waals surface area contributed by atoms with Gasteiger partial charge in [-0.1, -0.05) is 11.6 Å². The molecule has 1 saturated heterocycles. The molecule has 6 heteroatoms. The van der Waals surface area contributed by atoms with Gasteiger partial charge in [0.1, 0.15) is 5.02 Å². The molecule has 0 unspecified atom stereocenters. The fraction of sp³-hybridized carbons (Fsp3) is 0.556. The van der Waals surface area contributed by atoms with Gasteiger partial charge in [-0.15, -0.1) is 0 Å². The van der Waals surface area contributed by atoms with Crippen molar-refractivity contribution in [3.05, 3.63) is 11.2 Å². The highest BCUT2D eigenvalue weighted by atomic mass is 35.5. The van der Waals surface area contributed by atoms with E-state index in [9.17, 15) is 0 Å². The third kappa shape index (κ3) is 2.30. The van der Waals surface area contributed by atoms with Crippen molar-refractivity contribution in [2.45, 2.75) is 0 Å². The van der Waals surface area contributed by atoms with E-state index < -0.39 is 0 Å². The molecule has 0 aliphatic carbocycles. The summed E-state index contributed by atoms with van der Waals surface area (Å²) in [5.41, 5.74) is 0. The average molecular weight is 228 g/mol. The van der Waals surface area contributed by atoms with Gasteiger partial charge in [0.25, 0.3) is 0 Å². The quantitative estimate of drug-likeness (QED) is 0.774. The molecule has 5 nitrogen and oxygen atoms in total. The van der Waals surface area contributed by atoms with Crippen molar-refractivity contribution in [1.29, 1.82) is 0 Å². The van der Waals surface area contributed by atoms with Crippen molar-refractivity contribution in [2.24, 2.45) is 0 Å². The summed E-state index contributed by atoms with van der Waals surface area (Å²) in [5.74, 6) is 1.42. The zero-order chi connectivity index (χ0) is 10.7. The number of hydrogen-bond acceptors (Lipinski definition) is 5. The van der Waals surface area contributed by atoms with E-state index in [0.29, 0.717) is 11.0 Å². The minimum absolute atomic E-state index is 0.605. The summed E-state index contributed by atoms with van der Waals surface area (Å²) in [6.45, 7) is 3.80. The highest BCUT2D eigenvalue weighted by molar-refractivity contribution is 6.32. The lowest BCUT2D eigenvalue weighted by Crippen LogP contribution is -2.44. The van der Waals surface area contributed by atoms with Crippen molar-refractivity contribution in [3.8, 4) is 0 Å². The Balaban J connectivity index is 2.24. The molecule has 2 N–H and O–H groups in total. The molecule has 15 heavy (non-hydrogen) atoms. The summed E-state index contributed by atoms with van der Waals surface area (Å²) in [4.78, 5) is 10.6. The van der Waals surface area contributed by atoms with E-state index >= 15 is 0 Å². The standard InChI is InChI=1S/C9H14ClN5/c1-11-9-13-6-7(10)8(14-9)15-4-2-12-3-5-15/h6,12H,2-5H2,1H3,(H,11,13,14). The maximum Gasteiger partial charge on any atom is 0.224 e. The first-order chi connectivity index (χ1) is 7.31. The number of anilines is 2. The minimum Gasteiger partial charge on any atom is -0.357 e. The van der Waals surface area contributed by atoms with E-state index in [2.05, 4.69) is 25.5 Å². The van der Waals surface area contributed by atoms with Crippen molar-refractivity contribution < 1.29 is 0 Å². The van der Waals surface area contributed by atoms with E-state index in [0.717, 1.165) is 32.0 Å². The van der Waals surface area contributed by atoms with Gasteiger partial charge >= 0.3 is 0 Å². The Morgan fingerprint density at radius 3 is 2.87 bits per heavy atom. The number of hydrogen-bond donors (Lipinski definition) is 2. The summed E-state index contributed by atoms with van der Waals surface area (Å²) >= 11 is 6.07. The van der Waals surface area contributed by atoms with Crippen LogP contribution in [0.15, 0.2) is 6.20 Å². The maximum absolute atomic E-state index is 6.07. The SMILES string of the molecule is CNc1ncc(Cl)c(N2CCNCC2)n1. The molecule has 0 bridgehead atoms. The molecule has 1 aromatic rings. The van der Waals surface area contributed by atoms with Crippen LogP contribution in [0.4, 0.5) is 11.8 Å². The Kier molecular flexibility index (Phi) is 3.23. The Morgan fingerprint density at radius 1 is 1.47 bits per heavy atom. The number of rotatable bonds is 2. The highest BCUT2D eigenvalue weighted by Crippen LogP contribution is 2.23. The molecule has 82 valence electrons. The monoisotopic (exact) mass is 227 g/mol. The molecule has 2 rings (SSSR count). The van der Waals surface area contributed by atoms with Crippen LogP contribution in [-0.2, 0) is 0 Å². The number of halogens is 1.